The molecule has 2 saturated heterocycles. The lowest BCUT2D eigenvalue weighted by molar-refractivity contribution is 0.00211. The van der Waals surface area contributed by atoms with Gasteiger partial charge in [0, 0.05) is 50.6 Å². The minimum absolute atomic E-state index is 0.0784. The Morgan fingerprint density at radius 1 is 1.36 bits per heavy atom. The molecule has 3 rings (SSSR count). The molecule has 1 aromatic heterocycles. The fourth-order valence-corrected chi connectivity index (χ4v) is 3.52. The van der Waals surface area contributed by atoms with Gasteiger partial charge in [-0.3, -0.25) is 9.88 Å². The summed E-state index contributed by atoms with van der Waals surface area (Å²) < 4.78 is 11.0. The maximum atomic E-state index is 12.3. The van der Waals surface area contributed by atoms with Gasteiger partial charge in [0.1, 0.15) is 0 Å². The van der Waals surface area contributed by atoms with Gasteiger partial charge in [-0.15, -0.1) is 0 Å². The number of hydrogen-bond acceptors (Lipinski definition) is 5. The Kier molecular flexibility index (Phi) is 6.61. The van der Waals surface area contributed by atoms with E-state index in [9.17, 15) is 4.79 Å². The van der Waals surface area contributed by atoms with Crippen LogP contribution in [0.2, 0.25) is 0 Å². The first kappa shape index (κ1) is 18.1. The molecule has 2 aliphatic heterocycles. The third-order valence-electron chi connectivity index (χ3n) is 5.03. The average molecular weight is 348 g/mol. The zero-order chi connectivity index (χ0) is 17.5. The SMILES string of the molecule is C[C@H](NC(=O)NC[C@H]([C@@H]1CCOC1)N1CCOCC1)c1cccnc1. The van der Waals surface area contributed by atoms with E-state index >= 15 is 0 Å². The summed E-state index contributed by atoms with van der Waals surface area (Å²) in [5.41, 5.74) is 0.992. The van der Waals surface area contributed by atoms with E-state index in [1.54, 1.807) is 12.4 Å². The molecule has 2 N–H and O–H groups in total. The summed E-state index contributed by atoms with van der Waals surface area (Å²) in [6.07, 6.45) is 4.56. The summed E-state index contributed by atoms with van der Waals surface area (Å²) in [5.74, 6) is 0.467. The molecule has 0 aliphatic carbocycles. The highest BCUT2D eigenvalue weighted by molar-refractivity contribution is 5.74. The first-order chi connectivity index (χ1) is 12.2. The molecule has 0 unspecified atom stereocenters. The molecule has 0 aromatic carbocycles. The lowest BCUT2D eigenvalue weighted by atomic mass is 9.97. The van der Waals surface area contributed by atoms with E-state index in [0.29, 0.717) is 18.5 Å². The maximum absolute atomic E-state index is 12.3. The quantitative estimate of drug-likeness (QED) is 0.807. The van der Waals surface area contributed by atoms with E-state index in [0.717, 1.165) is 51.5 Å². The number of nitrogens with one attached hydrogen (secondary N) is 2. The number of nitrogens with zero attached hydrogens (tertiary/aromatic N) is 2. The number of ether oxygens (including phenoxy) is 2. The van der Waals surface area contributed by atoms with Crippen molar-refractivity contribution in [1.29, 1.82) is 0 Å². The predicted octanol–water partition coefficient (Wildman–Crippen LogP) is 1.18. The van der Waals surface area contributed by atoms with Crippen molar-refractivity contribution >= 4 is 6.03 Å². The van der Waals surface area contributed by atoms with Crippen LogP contribution >= 0.6 is 0 Å². The van der Waals surface area contributed by atoms with Gasteiger partial charge in [-0.05, 0) is 25.0 Å². The molecule has 138 valence electrons. The van der Waals surface area contributed by atoms with Crippen molar-refractivity contribution in [2.45, 2.75) is 25.4 Å². The van der Waals surface area contributed by atoms with Crippen LogP contribution in [0.4, 0.5) is 4.79 Å². The minimum atomic E-state index is -0.145. The molecule has 0 bridgehead atoms. The number of carbonyl (C=O) groups excluding carboxylic acids is 1. The van der Waals surface area contributed by atoms with Crippen molar-refractivity contribution in [3.8, 4) is 0 Å². The molecule has 7 heteroatoms. The Balaban J connectivity index is 1.52. The van der Waals surface area contributed by atoms with Gasteiger partial charge in [-0.1, -0.05) is 6.07 Å². The fraction of sp³-hybridized carbons (Fsp3) is 0.667. The van der Waals surface area contributed by atoms with Crippen molar-refractivity contribution in [2.75, 3.05) is 46.1 Å². The number of urea groups is 1. The third kappa shape index (κ3) is 5.14. The van der Waals surface area contributed by atoms with Crippen molar-refractivity contribution in [3.63, 3.8) is 0 Å². The minimum Gasteiger partial charge on any atom is -0.381 e. The molecular weight excluding hydrogens is 320 g/mol. The first-order valence-electron chi connectivity index (χ1n) is 9.08. The van der Waals surface area contributed by atoms with E-state index in [-0.39, 0.29) is 12.1 Å². The highest BCUT2D eigenvalue weighted by Crippen LogP contribution is 2.21. The Morgan fingerprint density at radius 3 is 2.88 bits per heavy atom. The van der Waals surface area contributed by atoms with Gasteiger partial charge < -0.3 is 20.1 Å². The van der Waals surface area contributed by atoms with Crippen LogP contribution in [0.1, 0.15) is 24.9 Å². The molecule has 2 aliphatic rings. The molecule has 3 heterocycles. The second-order valence-electron chi connectivity index (χ2n) is 6.70. The summed E-state index contributed by atoms with van der Waals surface area (Å²) >= 11 is 0. The summed E-state index contributed by atoms with van der Waals surface area (Å²) in [4.78, 5) is 18.8. The molecule has 2 fully saturated rings. The third-order valence-corrected chi connectivity index (χ3v) is 5.03. The lowest BCUT2D eigenvalue weighted by Crippen LogP contribution is -2.53. The van der Waals surface area contributed by atoms with E-state index in [1.165, 1.54) is 0 Å². The summed E-state index contributed by atoms with van der Waals surface area (Å²) in [5, 5.41) is 6.03. The van der Waals surface area contributed by atoms with Crippen LogP contribution in [0.5, 0.6) is 0 Å². The summed E-state index contributed by atoms with van der Waals surface area (Å²) in [7, 11) is 0. The van der Waals surface area contributed by atoms with Gasteiger partial charge in [0.05, 0.1) is 25.9 Å². The van der Waals surface area contributed by atoms with Crippen molar-refractivity contribution < 1.29 is 14.3 Å². The zero-order valence-corrected chi connectivity index (χ0v) is 14.8. The smallest absolute Gasteiger partial charge is 0.315 e. The van der Waals surface area contributed by atoms with Crippen molar-refractivity contribution in [1.82, 2.24) is 20.5 Å². The Morgan fingerprint density at radius 2 is 2.20 bits per heavy atom. The van der Waals surface area contributed by atoms with Gasteiger partial charge >= 0.3 is 6.03 Å². The number of morpholine rings is 1. The Hall–Kier alpha value is -1.70. The zero-order valence-electron chi connectivity index (χ0n) is 14.8. The lowest BCUT2D eigenvalue weighted by Gasteiger charge is -2.37. The molecule has 1 aromatic rings. The van der Waals surface area contributed by atoms with Crippen molar-refractivity contribution in [2.24, 2.45) is 5.92 Å². The molecule has 0 radical (unpaired) electrons. The van der Waals surface area contributed by atoms with Crippen LogP contribution in [0, 0.1) is 5.92 Å². The van der Waals surface area contributed by atoms with Gasteiger partial charge in [0.15, 0.2) is 0 Å². The predicted molar refractivity (Wildman–Crippen MR) is 94.3 cm³/mol. The van der Waals surface area contributed by atoms with Crippen LogP contribution in [0.25, 0.3) is 0 Å². The van der Waals surface area contributed by atoms with Gasteiger partial charge in [0.2, 0.25) is 0 Å². The summed E-state index contributed by atoms with van der Waals surface area (Å²) in [6.45, 7) is 7.52. The number of pyridine rings is 1. The molecule has 0 spiro atoms. The van der Waals surface area contributed by atoms with E-state index in [2.05, 4.69) is 20.5 Å². The Bertz CT molecular complexity index is 530. The molecule has 3 atom stereocenters. The van der Waals surface area contributed by atoms with Crippen LogP contribution in [0.3, 0.4) is 0 Å². The van der Waals surface area contributed by atoms with E-state index < -0.39 is 0 Å². The van der Waals surface area contributed by atoms with Gasteiger partial charge in [-0.25, -0.2) is 4.79 Å². The van der Waals surface area contributed by atoms with Gasteiger partial charge in [-0.2, -0.15) is 0 Å². The number of carbonyl (C=O) groups is 1. The van der Waals surface area contributed by atoms with Gasteiger partial charge in [0.25, 0.3) is 0 Å². The molecule has 25 heavy (non-hydrogen) atoms. The molecule has 0 saturated carbocycles. The standard InChI is InChI=1S/C18H28N4O3/c1-14(15-3-2-5-19-11-15)21-18(23)20-12-17(16-4-8-25-13-16)22-6-9-24-10-7-22/h2-3,5,11,14,16-17H,4,6-10,12-13H2,1H3,(H2,20,21,23)/t14-,16+,17+/m0/s1. The molecular formula is C18H28N4O3. The maximum Gasteiger partial charge on any atom is 0.315 e. The van der Waals surface area contributed by atoms with Crippen LogP contribution in [-0.2, 0) is 9.47 Å². The van der Waals surface area contributed by atoms with E-state index in [1.807, 2.05) is 19.1 Å². The normalized spacial score (nSPS) is 23.8. The topological polar surface area (TPSA) is 75.7 Å². The van der Waals surface area contributed by atoms with Crippen LogP contribution in [0.15, 0.2) is 24.5 Å². The fourth-order valence-electron chi connectivity index (χ4n) is 3.52. The largest absolute Gasteiger partial charge is 0.381 e. The monoisotopic (exact) mass is 348 g/mol. The number of aromatic nitrogens is 1. The summed E-state index contributed by atoms with van der Waals surface area (Å²) in [6, 6.07) is 3.91. The second-order valence-corrected chi connectivity index (χ2v) is 6.70. The Labute approximate surface area is 149 Å². The molecule has 2 amide bonds. The van der Waals surface area contributed by atoms with Crippen LogP contribution in [-0.4, -0.2) is 68.0 Å². The highest BCUT2D eigenvalue weighted by Gasteiger charge is 2.31. The number of hydrogen-bond donors (Lipinski definition) is 2. The molecule has 7 nitrogen and oxygen atoms in total. The average Bonchev–Trinajstić information content (AvgIpc) is 3.18. The van der Waals surface area contributed by atoms with Crippen molar-refractivity contribution in [3.05, 3.63) is 30.1 Å². The van der Waals surface area contributed by atoms with E-state index in [4.69, 9.17) is 9.47 Å². The number of rotatable bonds is 6. The number of amides is 2. The first-order valence-corrected chi connectivity index (χ1v) is 9.08. The highest BCUT2D eigenvalue weighted by atomic mass is 16.5. The second kappa shape index (κ2) is 9.12. The van der Waals surface area contributed by atoms with Crippen LogP contribution < -0.4 is 10.6 Å².